The van der Waals surface area contributed by atoms with E-state index in [1.807, 2.05) is 0 Å². The Hall–Kier alpha value is 1.07. The van der Waals surface area contributed by atoms with E-state index in [0.717, 1.165) is 13.1 Å². The third-order valence-corrected chi connectivity index (χ3v) is 2.30. The number of nitrogens with zero attached hydrogens (tertiary/aromatic N) is 1. The maximum absolute atomic E-state index is 10.4. The number of hydrogen-bond acceptors (Lipinski definition) is 2. The van der Waals surface area contributed by atoms with Crippen LogP contribution >= 0.6 is 0 Å². The molecule has 0 fully saturated rings. The fourth-order valence-corrected chi connectivity index (χ4v) is 1.35. The summed E-state index contributed by atoms with van der Waals surface area (Å²) in [5.74, 6) is -0.692. The first kappa shape index (κ1) is 18.4. The van der Waals surface area contributed by atoms with Gasteiger partial charge in [0, 0.05) is 6.54 Å². The molecule has 0 bridgehead atoms. The standard InChI is InChI=1S/C11H23NO2.K.H/c1-3-5-8-12(9-6-4-2)10-7-11(13)14;;/h3-10H2,1-2H3,(H,13,14);;. The summed E-state index contributed by atoms with van der Waals surface area (Å²) in [5, 5.41) is 8.59. The van der Waals surface area contributed by atoms with Crippen LogP contribution in [0.1, 0.15) is 46.0 Å². The van der Waals surface area contributed by atoms with Gasteiger partial charge in [0.1, 0.15) is 0 Å². The predicted octanol–water partition coefficient (Wildman–Crippen LogP) is 1.71. The second-order valence-electron chi connectivity index (χ2n) is 3.69. The second kappa shape index (κ2) is 13.1. The van der Waals surface area contributed by atoms with E-state index in [1.54, 1.807) is 0 Å². The molecular weight excluding hydrogens is 217 g/mol. The van der Waals surface area contributed by atoms with Crippen LogP contribution in [0, 0.1) is 0 Å². The zero-order chi connectivity index (χ0) is 10.8. The molecule has 0 saturated heterocycles. The molecule has 0 aliphatic carbocycles. The summed E-state index contributed by atoms with van der Waals surface area (Å²) in [4.78, 5) is 12.7. The van der Waals surface area contributed by atoms with Crippen LogP contribution in [0.15, 0.2) is 0 Å². The Bertz CT molecular complexity index is 146. The molecule has 0 unspecified atom stereocenters. The van der Waals surface area contributed by atoms with Crippen LogP contribution in [0.5, 0.6) is 0 Å². The maximum atomic E-state index is 10.4. The Morgan fingerprint density at radius 2 is 1.53 bits per heavy atom. The van der Waals surface area contributed by atoms with Crippen LogP contribution in [-0.4, -0.2) is 87.0 Å². The quantitative estimate of drug-likeness (QED) is 0.625. The minimum absolute atomic E-state index is 0. The Kier molecular flexibility index (Phi) is 16.1. The molecule has 0 amide bonds. The summed E-state index contributed by atoms with van der Waals surface area (Å²) >= 11 is 0. The van der Waals surface area contributed by atoms with E-state index in [1.165, 1.54) is 25.7 Å². The zero-order valence-corrected chi connectivity index (χ0v) is 9.46. The van der Waals surface area contributed by atoms with Crippen molar-refractivity contribution >= 4 is 57.4 Å². The van der Waals surface area contributed by atoms with Crippen molar-refractivity contribution in [2.45, 2.75) is 46.0 Å². The minimum atomic E-state index is -0.692. The van der Waals surface area contributed by atoms with E-state index in [2.05, 4.69) is 18.7 Å². The molecule has 1 N–H and O–H groups in total. The summed E-state index contributed by atoms with van der Waals surface area (Å²) < 4.78 is 0. The first-order valence-electron chi connectivity index (χ1n) is 5.64. The molecule has 0 aromatic heterocycles. The van der Waals surface area contributed by atoms with Crippen molar-refractivity contribution in [2.24, 2.45) is 0 Å². The first-order chi connectivity index (χ1) is 6.70. The third kappa shape index (κ3) is 13.0. The van der Waals surface area contributed by atoms with Gasteiger partial charge in [0.15, 0.2) is 0 Å². The van der Waals surface area contributed by atoms with E-state index in [0.29, 0.717) is 6.54 Å². The SMILES string of the molecule is CCCCN(CCCC)CCC(=O)O.[KH]. The number of hydrogen-bond donors (Lipinski definition) is 1. The predicted molar refractivity (Wildman–Crippen MR) is 65.7 cm³/mol. The van der Waals surface area contributed by atoms with E-state index in [4.69, 9.17) is 5.11 Å². The van der Waals surface area contributed by atoms with Gasteiger partial charge in [-0.15, -0.1) is 0 Å². The van der Waals surface area contributed by atoms with Crippen LogP contribution in [0.2, 0.25) is 0 Å². The van der Waals surface area contributed by atoms with Gasteiger partial charge in [-0.25, -0.2) is 0 Å². The number of carboxylic acid groups (broad SMARTS) is 1. The van der Waals surface area contributed by atoms with Crippen molar-refractivity contribution in [3.05, 3.63) is 0 Å². The Morgan fingerprint density at radius 3 is 1.87 bits per heavy atom. The van der Waals surface area contributed by atoms with Gasteiger partial charge in [0.05, 0.1) is 6.42 Å². The van der Waals surface area contributed by atoms with Crippen molar-refractivity contribution < 1.29 is 9.90 Å². The van der Waals surface area contributed by atoms with E-state index in [9.17, 15) is 4.79 Å². The Labute approximate surface area is 136 Å². The van der Waals surface area contributed by atoms with Crippen LogP contribution < -0.4 is 0 Å². The number of rotatable bonds is 9. The molecule has 0 aromatic rings. The number of carboxylic acids is 1. The molecular formula is C11H24KNO2. The van der Waals surface area contributed by atoms with Crippen molar-refractivity contribution in [1.82, 2.24) is 4.90 Å². The summed E-state index contributed by atoms with van der Waals surface area (Å²) in [6, 6.07) is 0. The van der Waals surface area contributed by atoms with Crippen LogP contribution in [-0.2, 0) is 4.79 Å². The number of carbonyl (C=O) groups is 1. The summed E-state index contributed by atoms with van der Waals surface area (Å²) in [5.41, 5.74) is 0. The van der Waals surface area contributed by atoms with Gasteiger partial charge < -0.3 is 10.0 Å². The molecule has 0 atom stereocenters. The number of aliphatic carboxylic acids is 1. The van der Waals surface area contributed by atoms with Crippen molar-refractivity contribution in [3.8, 4) is 0 Å². The van der Waals surface area contributed by atoms with Gasteiger partial charge in [-0.05, 0) is 25.9 Å². The van der Waals surface area contributed by atoms with Crippen LogP contribution in [0.4, 0.5) is 0 Å². The van der Waals surface area contributed by atoms with E-state index in [-0.39, 0.29) is 57.8 Å². The van der Waals surface area contributed by atoms with Gasteiger partial charge in [-0.3, -0.25) is 4.79 Å². The fraction of sp³-hybridized carbons (Fsp3) is 0.909. The molecule has 0 heterocycles. The topological polar surface area (TPSA) is 40.5 Å². The molecule has 4 heteroatoms. The van der Waals surface area contributed by atoms with Gasteiger partial charge in [-0.2, -0.15) is 0 Å². The third-order valence-electron chi connectivity index (χ3n) is 2.30. The molecule has 0 aliphatic rings. The van der Waals surface area contributed by atoms with Crippen molar-refractivity contribution in [2.75, 3.05) is 19.6 Å². The van der Waals surface area contributed by atoms with Crippen molar-refractivity contribution in [3.63, 3.8) is 0 Å². The van der Waals surface area contributed by atoms with Gasteiger partial charge in [0.25, 0.3) is 0 Å². The van der Waals surface area contributed by atoms with Gasteiger partial charge in [-0.1, -0.05) is 26.7 Å². The summed E-state index contributed by atoms with van der Waals surface area (Å²) in [6.45, 7) is 7.12. The molecule has 15 heavy (non-hydrogen) atoms. The Balaban J connectivity index is 0. The average Bonchev–Trinajstić information content (AvgIpc) is 2.16. The van der Waals surface area contributed by atoms with Crippen molar-refractivity contribution in [1.29, 1.82) is 0 Å². The Morgan fingerprint density at radius 1 is 1.07 bits per heavy atom. The zero-order valence-electron chi connectivity index (χ0n) is 9.46. The molecule has 0 rings (SSSR count). The molecule has 0 aliphatic heterocycles. The summed E-state index contributed by atoms with van der Waals surface area (Å²) in [6.07, 6.45) is 4.96. The molecule has 86 valence electrons. The monoisotopic (exact) mass is 241 g/mol. The van der Waals surface area contributed by atoms with Gasteiger partial charge in [0.2, 0.25) is 0 Å². The first-order valence-corrected chi connectivity index (χ1v) is 5.64. The molecule has 0 saturated carbocycles. The fourth-order valence-electron chi connectivity index (χ4n) is 1.35. The molecule has 0 aromatic carbocycles. The molecule has 0 spiro atoms. The number of unbranched alkanes of at least 4 members (excludes halogenated alkanes) is 2. The van der Waals surface area contributed by atoms with E-state index < -0.39 is 5.97 Å². The van der Waals surface area contributed by atoms with Gasteiger partial charge >= 0.3 is 57.4 Å². The molecule has 3 nitrogen and oxygen atoms in total. The summed E-state index contributed by atoms with van der Waals surface area (Å²) in [7, 11) is 0. The normalized spacial score (nSPS) is 10.1. The molecule has 0 radical (unpaired) electrons. The van der Waals surface area contributed by atoms with E-state index >= 15 is 0 Å². The van der Waals surface area contributed by atoms with Crippen LogP contribution in [0.25, 0.3) is 0 Å². The van der Waals surface area contributed by atoms with Crippen LogP contribution in [0.3, 0.4) is 0 Å². The average molecular weight is 241 g/mol. The second-order valence-corrected chi connectivity index (χ2v) is 3.69.